The Kier molecular flexibility index (Phi) is 5.25. The molecule has 0 bridgehead atoms. The molecule has 2 N–H and O–H groups in total. The Morgan fingerprint density at radius 1 is 0.920 bits per heavy atom. The molecule has 7 heteroatoms. The van der Waals surface area contributed by atoms with Crippen LogP contribution in [-0.2, 0) is 0 Å². The van der Waals surface area contributed by atoms with E-state index in [0.717, 1.165) is 0 Å². The zero-order valence-electron chi connectivity index (χ0n) is 12.8. The van der Waals surface area contributed by atoms with Gasteiger partial charge in [-0.3, -0.25) is 9.59 Å². The number of anilines is 2. The minimum Gasteiger partial charge on any atom is -0.322 e. The van der Waals surface area contributed by atoms with Gasteiger partial charge < -0.3 is 10.6 Å². The normalized spacial score (nSPS) is 10.3. The molecule has 2 aromatic carbocycles. The van der Waals surface area contributed by atoms with E-state index in [0.29, 0.717) is 20.7 Å². The first-order chi connectivity index (χ1) is 12.0. The molecule has 0 spiro atoms. The van der Waals surface area contributed by atoms with Crippen LogP contribution in [0.3, 0.4) is 0 Å². The van der Waals surface area contributed by atoms with E-state index in [1.54, 1.807) is 36.4 Å². The summed E-state index contributed by atoms with van der Waals surface area (Å²) in [6.07, 6.45) is 0. The lowest BCUT2D eigenvalue weighted by Crippen LogP contribution is -2.14. The van der Waals surface area contributed by atoms with Gasteiger partial charge in [-0.05, 0) is 53.9 Å². The molecule has 0 aliphatic carbocycles. The molecule has 0 aliphatic rings. The summed E-state index contributed by atoms with van der Waals surface area (Å²) in [5, 5.41) is 7.22. The fraction of sp³-hybridized carbons (Fsp3) is 0. The number of amides is 2. The summed E-state index contributed by atoms with van der Waals surface area (Å²) in [6, 6.07) is 14.3. The van der Waals surface area contributed by atoms with Gasteiger partial charge >= 0.3 is 0 Å². The molecule has 0 radical (unpaired) electrons. The van der Waals surface area contributed by atoms with E-state index < -0.39 is 11.7 Å². The van der Waals surface area contributed by atoms with Crippen molar-refractivity contribution in [1.82, 2.24) is 0 Å². The number of benzene rings is 2. The zero-order chi connectivity index (χ0) is 17.8. The highest BCUT2D eigenvalue weighted by atomic mass is 79.9. The van der Waals surface area contributed by atoms with Gasteiger partial charge in [0.2, 0.25) is 0 Å². The quantitative estimate of drug-likeness (QED) is 0.614. The molecule has 0 saturated heterocycles. The Labute approximate surface area is 155 Å². The van der Waals surface area contributed by atoms with Crippen LogP contribution in [0, 0.1) is 5.82 Å². The van der Waals surface area contributed by atoms with Crippen LogP contribution >= 0.6 is 27.3 Å². The lowest BCUT2D eigenvalue weighted by atomic mass is 10.2. The van der Waals surface area contributed by atoms with Crippen molar-refractivity contribution < 1.29 is 14.0 Å². The minimum atomic E-state index is -0.597. The van der Waals surface area contributed by atoms with Crippen LogP contribution in [0.15, 0.2) is 64.5 Å². The van der Waals surface area contributed by atoms with E-state index in [9.17, 15) is 14.0 Å². The second-order valence-corrected chi connectivity index (χ2v) is 6.95. The first-order valence-corrected chi connectivity index (χ1v) is 8.91. The summed E-state index contributed by atoms with van der Waals surface area (Å²) in [7, 11) is 0. The van der Waals surface area contributed by atoms with Crippen molar-refractivity contribution >= 4 is 50.5 Å². The van der Waals surface area contributed by atoms with Gasteiger partial charge in [0.25, 0.3) is 11.8 Å². The lowest BCUT2D eigenvalue weighted by molar-refractivity contribution is 0.101. The van der Waals surface area contributed by atoms with E-state index in [1.807, 2.05) is 5.38 Å². The van der Waals surface area contributed by atoms with Gasteiger partial charge in [-0.25, -0.2) is 4.39 Å². The van der Waals surface area contributed by atoms with Gasteiger partial charge in [0.15, 0.2) is 0 Å². The van der Waals surface area contributed by atoms with Gasteiger partial charge in [0.1, 0.15) is 5.82 Å². The first kappa shape index (κ1) is 17.3. The van der Waals surface area contributed by atoms with E-state index in [2.05, 4.69) is 26.6 Å². The van der Waals surface area contributed by atoms with Crippen molar-refractivity contribution in [2.75, 3.05) is 10.6 Å². The number of nitrogens with one attached hydrogen (secondary N) is 2. The highest BCUT2D eigenvalue weighted by Gasteiger charge is 2.13. The first-order valence-electron chi connectivity index (χ1n) is 7.24. The summed E-state index contributed by atoms with van der Waals surface area (Å²) in [4.78, 5) is 24.8. The van der Waals surface area contributed by atoms with Crippen LogP contribution in [-0.4, -0.2) is 11.8 Å². The zero-order valence-corrected chi connectivity index (χ0v) is 15.2. The second-order valence-electron chi connectivity index (χ2n) is 5.09. The number of thiophene rings is 1. The highest BCUT2D eigenvalue weighted by Crippen LogP contribution is 2.19. The summed E-state index contributed by atoms with van der Waals surface area (Å²) < 4.78 is 14.4. The Morgan fingerprint density at radius 3 is 2.16 bits per heavy atom. The number of halogens is 2. The predicted molar refractivity (Wildman–Crippen MR) is 101 cm³/mol. The standard InChI is InChI=1S/C18H12BrFN2O2S/c19-11-3-8-15(20)14(10-11)17(23)21-12-4-6-13(7-5-12)22-18(24)16-2-1-9-25-16/h1-10H,(H,21,23)(H,22,24). The summed E-state index contributed by atoms with van der Waals surface area (Å²) in [5.41, 5.74) is 1.05. The molecular formula is C18H12BrFN2O2S. The van der Waals surface area contributed by atoms with Gasteiger partial charge in [-0.2, -0.15) is 0 Å². The summed E-state index contributed by atoms with van der Waals surface area (Å²) in [5.74, 6) is -1.34. The van der Waals surface area contributed by atoms with Crippen molar-refractivity contribution in [2.24, 2.45) is 0 Å². The van der Waals surface area contributed by atoms with E-state index in [4.69, 9.17) is 0 Å². The molecule has 2 amide bonds. The molecule has 1 heterocycles. The van der Waals surface area contributed by atoms with Gasteiger partial charge in [-0.1, -0.05) is 22.0 Å². The number of hydrogen-bond acceptors (Lipinski definition) is 3. The third-order valence-electron chi connectivity index (χ3n) is 3.32. The third-order valence-corrected chi connectivity index (χ3v) is 4.68. The van der Waals surface area contributed by atoms with E-state index in [-0.39, 0.29) is 11.5 Å². The maximum atomic E-state index is 13.7. The summed E-state index contributed by atoms with van der Waals surface area (Å²) in [6.45, 7) is 0. The summed E-state index contributed by atoms with van der Waals surface area (Å²) >= 11 is 4.57. The van der Waals surface area contributed by atoms with Crippen molar-refractivity contribution in [2.45, 2.75) is 0 Å². The molecule has 4 nitrogen and oxygen atoms in total. The van der Waals surface area contributed by atoms with Crippen LogP contribution < -0.4 is 10.6 Å². The smallest absolute Gasteiger partial charge is 0.265 e. The fourth-order valence-electron chi connectivity index (χ4n) is 2.11. The molecular weight excluding hydrogens is 407 g/mol. The molecule has 0 saturated carbocycles. The van der Waals surface area contributed by atoms with Gasteiger partial charge in [0, 0.05) is 15.8 Å². The van der Waals surface area contributed by atoms with Gasteiger partial charge in [-0.15, -0.1) is 11.3 Å². The molecule has 1 aromatic heterocycles. The van der Waals surface area contributed by atoms with E-state index >= 15 is 0 Å². The maximum Gasteiger partial charge on any atom is 0.265 e. The molecule has 0 atom stereocenters. The molecule has 0 aliphatic heterocycles. The monoisotopic (exact) mass is 418 g/mol. The molecule has 126 valence electrons. The number of carbonyl (C=O) groups excluding carboxylic acids is 2. The second kappa shape index (κ2) is 7.58. The van der Waals surface area contributed by atoms with Crippen LogP contribution in [0.2, 0.25) is 0 Å². The van der Waals surface area contributed by atoms with Crippen molar-refractivity contribution in [1.29, 1.82) is 0 Å². The topological polar surface area (TPSA) is 58.2 Å². The van der Waals surface area contributed by atoms with E-state index in [1.165, 1.54) is 29.5 Å². The SMILES string of the molecule is O=C(Nc1ccc(NC(=O)c2cc(Br)ccc2F)cc1)c1cccs1. The largest absolute Gasteiger partial charge is 0.322 e. The molecule has 0 fully saturated rings. The Morgan fingerprint density at radius 2 is 1.56 bits per heavy atom. The number of rotatable bonds is 4. The molecule has 3 aromatic rings. The maximum absolute atomic E-state index is 13.7. The highest BCUT2D eigenvalue weighted by molar-refractivity contribution is 9.10. The fourth-order valence-corrected chi connectivity index (χ4v) is 3.09. The van der Waals surface area contributed by atoms with Crippen LogP contribution in [0.1, 0.15) is 20.0 Å². The Bertz CT molecular complexity index is 911. The lowest BCUT2D eigenvalue weighted by Gasteiger charge is -2.08. The van der Waals surface area contributed by atoms with Crippen LogP contribution in [0.5, 0.6) is 0 Å². The van der Waals surface area contributed by atoms with Gasteiger partial charge in [0.05, 0.1) is 10.4 Å². The third kappa shape index (κ3) is 4.32. The van der Waals surface area contributed by atoms with Crippen molar-refractivity contribution in [3.8, 4) is 0 Å². The average Bonchev–Trinajstić information content (AvgIpc) is 3.13. The average molecular weight is 419 g/mol. The molecule has 25 heavy (non-hydrogen) atoms. The predicted octanol–water partition coefficient (Wildman–Crippen LogP) is 5.15. The van der Waals surface area contributed by atoms with Crippen molar-refractivity contribution in [3.05, 3.63) is 80.7 Å². The minimum absolute atomic E-state index is 0.0514. The Hall–Kier alpha value is -2.51. The Balaban J connectivity index is 1.67. The number of carbonyl (C=O) groups is 2. The van der Waals surface area contributed by atoms with Crippen LogP contribution in [0.4, 0.5) is 15.8 Å². The molecule has 3 rings (SSSR count). The number of hydrogen-bond donors (Lipinski definition) is 2. The van der Waals surface area contributed by atoms with Crippen LogP contribution in [0.25, 0.3) is 0 Å². The van der Waals surface area contributed by atoms with Crippen molar-refractivity contribution in [3.63, 3.8) is 0 Å². The molecule has 0 unspecified atom stereocenters.